The monoisotopic (exact) mass is 664 g/mol. The van der Waals surface area contributed by atoms with Crippen LogP contribution in [-0.2, 0) is 20.9 Å². The number of rotatable bonds is 11. The fourth-order valence-electron chi connectivity index (χ4n) is 4.81. The van der Waals surface area contributed by atoms with E-state index in [-0.39, 0.29) is 16.4 Å². The van der Waals surface area contributed by atoms with Crippen molar-refractivity contribution in [2.75, 3.05) is 0 Å². The zero-order valence-electron chi connectivity index (χ0n) is 27.5. The molecule has 45 heavy (non-hydrogen) atoms. The summed E-state index contributed by atoms with van der Waals surface area (Å²) in [5.41, 5.74) is 0.498. The Kier molecular flexibility index (Phi) is 10.4. The third kappa shape index (κ3) is 8.88. The Morgan fingerprint density at radius 1 is 0.644 bits per heavy atom. The van der Waals surface area contributed by atoms with Gasteiger partial charge in [-0.25, -0.2) is 0 Å². The van der Waals surface area contributed by atoms with Crippen LogP contribution in [0.15, 0.2) is 115 Å². The highest BCUT2D eigenvalue weighted by molar-refractivity contribution is 7.99. The van der Waals surface area contributed by atoms with Gasteiger partial charge in [-0.1, -0.05) is 76.3 Å². The van der Waals surface area contributed by atoms with Crippen LogP contribution in [-0.4, -0.2) is 24.7 Å². The molecule has 5 nitrogen and oxygen atoms in total. The summed E-state index contributed by atoms with van der Waals surface area (Å²) in [4.78, 5) is 3.92. The summed E-state index contributed by atoms with van der Waals surface area (Å²) in [7, 11) is -4.36. The van der Waals surface area contributed by atoms with E-state index in [1.54, 1.807) is 23.9 Å². The van der Waals surface area contributed by atoms with Gasteiger partial charge in [-0.15, -0.1) is 0 Å². The Bertz CT molecular complexity index is 1700. The molecule has 0 spiro atoms. The molecule has 1 N–H and O–H groups in total. The highest BCUT2D eigenvalue weighted by atomic mass is 32.2. The van der Waals surface area contributed by atoms with Crippen molar-refractivity contribution in [3.63, 3.8) is 0 Å². The minimum absolute atomic E-state index is 0.0542. The molecule has 0 radical (unpaired) electrons. The van der Waals surface area contributed by atoms with Crippen molar-refractivity contribution < 1.29 is 22.4 Å². The fraction of sp³-hybridized carbons (Fsp3) is 0.351. The van der Waals surface area contributed by atoms with Crippen molar-refractivity contribution in [3.8, 4) is 11.5 Å². The van der Waals surface area contributed by atoms with E-state index in [2.05, 4.69) is 64.1 Å². The normalized spacial score (nSPS) is 12.8. The SMILES string of the molecule is CC(C)Oc1ccc(Sc2ccc(C(C)(C)C(C)(C)Oc3ccc(Sc4ccc(C(C)(C)C)c(S(=O)(=O)O)c4)cc3)cc2)cc1. The maximum absolute atomic E-state index is 12.1. The molecule has 4 aromatic carbocycles. The van der Waals surface area contributed by atoms with E-state index in [4.69, 9.17) is 9.47 Å². The second kappa shape index (κ2) is 13.4. The lowest BCUT2D eigenvalue weighted by atomic mass is 9.72. The largest absolute Gasteiger partial charge is 0.491 e. The molecule has 4 aromatic rings. The second-order valence-corrected chi connectivity index (χ2v) is 17.1. The Hall–Kier alpha value is -2.91. The molecule has 4 rings (SSSR count). The van der Waals surface area contributed by atoms with Crippen molar-refractivity contribution in [2.24, 2.45) is 0 Å². The standard InChI is InChI=1S/C37H44O5S3/c1-25(2)41-27-12-18-30(19-13-27)43-29-16-10-26(11-17-29)36(6,7)37(8,9)42-28-14-20-31(21-15-28)44-32-22-23-33(35(3,4)5)34(24-32)45(38,39)40/h10-25H,1-9H3,(H,38,39,40). The highest BCUT2D eigenvalue weighted by Crippen LogP contribution is 2.41. The van der Waals surface area contributed by atoms with E-state index in [1.165, 1.54) is 17.3 Å². The van der Waals surface area contributed by atoms with Gasteiger partial charge in [0.2, 0.25) is 0 Å². The summed E-state index contributed by atoms with van der Waals surface area (Å²) >= 11 is 3.15. The van der Waals surface area contributed by atoms with Crippen molar-refractivity contribution in [2.45, 2.75) is 109 Å². The van der Waals surface area contributed by atoms with Crippen LogP contribution in [0.5, 0.6) is 11.5 Å². The van der Waals surface area contributed by atoms with E-state index < -0.39 is 21.1 Å². The quantitative estimate of drug-likeness (QED) is 0.160. The van der Waals surface area contributed by atoms with Crippen LogP contribution in [0.25, 0.3) is 0 Å². The van der Waals surface area contributed by atoms with E-state index in [0.717, 1.165) is 31.1 Å². The molecule has 0 aliphatic carbocycles. The fourth-order valence-corrected chi connectivity index (χ4v) is 7.49. The van der Waals surface area contributed by atoms with Gasteiger partial charge in [0.1, 0.15) is 17.1 Å². The van der Waals surface area contributed by atoms with E-state index in [9.17, 15) is 13.0 Å². The molecule has 0 saturated heterocycles. The predicted octanol–water partition coefficient (Wildman–Crippen LogP) is 10.5. The van der Waals surface area contributed by atoms with Crippen LogP contribution in [0.4, 0.5) is 0 Å². The first-order valence-corrected chi connectivity index (χ1v) is 18.1. The molecule has 0 aromatic heterocycles. The van der Waals surface area contributed by atoms with Gasteiger partial charge >= 0.3 is 0 Å². The zero-order chi connectivity index (χ0) is 33.2. The molecular weight excluding hydrogens is 621 g/mol. The number of benzene rings is 4. The van der Waals surface area contributed by atoms with Gasteiger partial charge in [0.25, 0.3) is 10.1 Å². The Morgan fingerprint density at radius 3 is 1.56 bits per heavy atom. The molecule has 0 bridgehead atoms. The molecule has 0 fully saturated rings. The molecule has 0 atom stereocenters. The Balaban J connectivity index is 1.43. The first-order chi connectivity index (χ1) is 20.8. The third-order valence-corrected chi connectivity index (χ3v) is 10.9. The summed E-state index contributed by atoms with van der Waals surface area (Å²) in [5, 5.41) is 0. The average molecular weight is 665 g/mol. The van der Waals surface area contributed by atoms with Gasteiger partial charge in [0.05, 0.1) is 11.0 Å². The maximum atomic E-state index is 12.1. The molecule has 0 saturated carbocycles. The van der Waals surface area contributed by atoms with Gasteiger partial charge in [-0.05, 0) is 117 Å². The van der Waals surface area contributed by atoms with Gasteiger partial charge in [-0.2, -0.15) is 8.42 Å². The lowest BCUT2D eigenvalue weighted by molar-refractivity contribution is 0.0357. The van der Waals surface area contributed by atoms with E-state index in [0.29, 0.717) is 5.56 Å². The lowest BCUT2D eigenvalue weighted by Crippen LogP contribution is -2.47. The predicted molar refractivity (Wildman–Crippen MR) is 186 cm³/mol. The maximum Gasteiger partial charge on any atom is 0.294 e. The van der Waals surface area contributed by atoms with Crippen molar-refractivity contribution in [3.05, 3.63) is 102 Å². The van der Waals surface area contributed by atoms with Crippen LogP contribution >= 0.6 is 23.5 Å². The minimum Gasteiger partial charge on any atom is -0.491 e. The first kappa shape index (κ1) is 35.0. The van der Waals surface area contributed by atoms with Crippen LogP contribution < -0.4 is 9.47 Å². The Morgan fingerprint density at radius 2 is 1.09 bits per heavy atom. The topological polar surface area (TPSA) is 72.8 Å². The summed E-state index contributed by atoms with van der Waals surface area (Å²) in [6, 6.07) is 29.8. The van der Waals surface area contributed by atoms with Gasteiger partial charge in [-0.3, -0.25) is 4.55 Å². The molecule has 0 unspecified atom stereocenters. The lowest BCUT2D eigenvalue weighted by Gasteiger charge is -2.42. The van der Waals surface area contributed by atoms with E-state index >= 15 is 0 Å². The highest BCUT2D eigenvalue weighted by Gasteiger charge is 2.40. The van der Waals surface area contributed by atoms with Crippen LogP contribution in [0.1, 0.15) is 73.4 Å². The van der Waals surface area contributed by atoms with Crippen LogP contribution in [0.2, 0.25) is 0 Å². The number of hydrogen-bond acceptors (Lipinski definition) is 6. The minimum atomic E-state index is -4.36. The van der Waals surface area contributed by atoms with Gasteiger partial charge in [0, 0.05) is 25.0 Å². The van der Waals surface area contributed by atoms with Gasteiger partial charge in [0.15, 0.2) is 0 Å². The van der Waals surface area contributed by atoms with Crippen molar-refractivity contribution >= 4 is 33.6 Å². The molecular formula is C37H44O5S3. The molecule has 0 aliphatic rings. The zero-order valence-corrected chi connectivity index (χ0v) is 30.0. The smallest absolute Gasteiger partial charge is 0.294 e. The molecule has 8 heteroatoms. The third-order valence-electron chi connectivity index (χ3n) is 7.98. The second-order valence-electron chi connectivity index (χ2n) is 13.5. The first-order valence-electron chi connectivity index (χ1n) is 15.0. The Labute approximate surface area is 277 Å². The molecule has 0 amide bonds. The van der Waals surface area contributed by atoms with E-state index in [1.807, 2.05) is 77.1 Å². The van der Waals surface area contributed by atoms with Crippen LogP contribution in [0.3, 0.4) is 0 Å². The van der Waals surface area contributed by atoms with Crippen molar-refractivity contribution in [1.82, 2.24) is 0 Å². The summed E-state index contributed by atoms with van der Waals surface area (Å²) in [6.07, 6.45) is 0.152. The van der Waals surface area contributed by atoms with Gasteiger partial charge < -0.3 is 9.47 Å². The molecule has 0 aliphatic heterocycles. The summed E-state index contributed by atoms with van der Waals surface area (Å²) in [5.74, 6) is 1.62. The number of ether oxygens (including phenoxy) is 2. The van der Waals surface area contributed by atoms with Crippen molar-refractivity contribution in [1.29, 1.82) is 0 Å². The summed E-state index contributed by atoms with van der Waals surface area (Å²) in [6.45, 7) is 18.4. The molecule has 240 valence electrons. The summed E-state index contributed by atoms with van der Waals surface area (Å²) < 4.78 is 46.4. The van der Waals surface area contributed by atoms with Crippen LogP contribution in [0, 0.1) is 0 Å². The number of hydrogen-bond donors (Lipinski definition) is 1. The molecule has 0 heterocycles. The average Bonchev–Trinajstić information content (AvgIpc) is 2.94.